The molecule has 0 spiro atoms. The molecule has 1 aliphatic carbocycles. The van der Waals surface area contributed by atoms with Crippen molar-refractivity contribution in [2.45, 2.75) is 78.0 Å². The molecule has 3 unspecified atom stereocenters. The van der Waals surface area contributed by atoms with E-state index in [1.807, 2.05) is 0 Å². The van der Waals surface area contributed by atoms with E-state index in [0.29, 0.717) is 24.2 Å². The molecule has 0 aromatic rings. The van der Waals surface area contributed by atoms with Crippen molar-refractivity contribution >= 4 is 0 Å². The Kier molecular flexibility index (Phi) is 6.37. The lowest BCUT2D eigenvalue weighted by atomic mass is 10.0. The summed E-state index contributed by atoms with van der Waals surface area (Å²) in [5.74, 6) is 0.616. The molecule has 0 aromatic carbocycles. The fraction of sp³-hybridized carbons (Fsp3) is 1.00. The van der Waals surface area contributed by atoms with Gasteiger partial charge in [-0.3, -0.25) is 0 Å². The first-order valence-electron chi connectivity index (χ1n) is 7.04. The van der Waals surface area contributed by atoms with Crippen molar-refractivity contribution < 1.29 is 4.74 Å². The van der Waals surface area contributed by atoms with Gasteiger partial charge >= 0.3 is 0 Å². The largest absolute Gasteiger partial charge is 0.373 e. The molecule has 0 radical (unpaired) electrons. The van der Waals surface area contributed by atoms with Gasteiger partial charge in [-0.2, -0.15) is 0 Å². The van der Waals surface area contributed by atoms with E-state index >= 15 is 0 Å². The first kappa shape index (κ1) is 14.0. The van der Waals surface area contributed by atoms with Crippen LogP contribution in [-0.4, -0.2) is 24.8 Å². The van der Waals surface area contributed by atoms with Gasteiger partial charge in [0.15, 0.2) is 0 Å². The summed E-state index contributed by atoms with van der Waals surface area (Å²) in [6, 6.07) is 0.577. The molecule has 1 aliphatic rings. The smallest absolute Gasteiger partial charge is 0.0731 e. The fourth-order valence-corrected chi connectivity index (χ4v) is 2.37. The van der Waals surface area contributed by atoms with Gasteiger partial charge in [0.1, 0.15) is 0 Å². The minimum Gasteiger partial charge on any atom is -0.373 e. The zero-order valence-corrected chi connectivity index (χ0v) is 11.5. The lowest BCUT2D eigenvalue weighted by Gasteiger charge is -2.30. The summed E-state index contributed by atoms with van der Waals surface area (Å²) >= 11 is 0. The van der Waals surface area contributed by atoms with Crippen LogP contribution in [0.2, 0.25) is 0 Å². The van der Waals surface area contributed by atoms with Gasteiger partial charge < -0.3 is 10.1 Å². The Morgan fingerprint density at radius 1 is 1.12 bits per heavy atom. The van der Waals surface area contributed by atoms with Gasteiger partial charge in [-0.25, -0.2) is 0 Å². The minimum atomic E-state index is 0.379. The first-order valence-corrected chi connectivity index (χ1v) is 7.04. The minimum absolute atomic E-state index is 0.379. The second-order valence-electron chi connectivity index (χ2n) is 5.43. The van der Waals surface area contributed by atoms with Crippen molar-refractivity contribution in [3.05, 3.63) is 0 Å². The monoisotopic (exact) mass is 227 g/mol. The molecule has 0 aromatic heterocycles. The normalized spacial score (nSPS) is 29.1. The van der Waals surface area contributed by atoms with Crippen LogP contribution in [0.5, 0.6) is 0 Å². The van der Waals surface area contributed by atoms with Gasteiger partial charge in [-0.1, -0.05) is 40.0 Å². The van der Waals surface area contributed by atoms with Crippen LogP contribution >= 0.6 is 0 Å². The van der Waals surface area contributed by atoms with Gasteiger partial charge in [0, 0.05) is 6.04 Å². The van der Waals surface area contributed by atoms with Crippen LogP contribution in [0.4, 0.5) is 0 Å². The molecule has 96 valence electrons. The molecule has 3 atom stereocenters. The Balaban J connectivity index is 2.50. The van der Waals surface area contributed by atoms with Crippen molar-refractivity contribution in [2.24, 2.45) is 5.92 Å². The molecule has 0 heterocycles. The van der Waals surface area contributed by atoms with E-state index in [-0.39, 0.29) is 0 Å². The molecular weight excluding hydrogens is 198 g/mol. The van der Waals surface area contributed by atoms with Crippen LogP contribution in [0.1, 0.15) is 59.8 Å². The third-order valence-corrected chi connectivity index (χ3v) is 3.75. The van der Waals surface area contributed by atoms with E-state index in [1.54, 1.807) is 0 Å². The Bertz CT molecular complexity index is 182. The molecule has 2 heteroatoms. The quantitative estimate of drug-likeness (QED) is 0.727. The van der Waals surface area contributed by atoms with E-state index in [0.717, 1.165) is 6.54 Å². The average Bonchev–Trinajstić information content (AvgIpc) is 2.45. The van der Waals surface area contributed by atoms with Crippen molar-refractivity contribution in [2.75, 3.05) is 6.54 Å². The Hall–Kier alpha value is -0.0800. The number of likely N-dealkylation sites (N-methyl/N-ethyl adjacent to an activating group) is 1. The van der Waals surface area contributed by atoms with E-state index in [4.69, 9.17) is 4.74 Å². The molecule has 1 fully saturated rings. The summed E-state index contributed by atoms with van der Waals surface area (Å²) in [6.45, 7) is 9.93. The maximum Gasteiger partial charge on any atom is 0.0731 e. The molecule has 0 amide bonds. The summed E-state index contributed by atoms with van der Waals surface area (Å²) in [5, 5.41) is 3.59. The van der Waals surface area contributed by atoms with Crippen LogP contribution in [0.15, 0.2) is 0 Å². The molecular formula is C14H29NO. The second kappa shape index (κ2) is 7.29. The van der Waals surface area contributed by atoms with Gasteiger partial charge in [0.25, 0.3) is 0 Å². The van der Waals surface area contributed by atoms with E-state index < -0.39 is 0 Å². The predicted molar refractivity (Wildman–Crippen MR) is 69.7 cm³/mol. The van der Waals surface area contributed by atoms with E-state index in [1.165, 1.54) is 32.1 Å². The fourth-order valence-electron chi connectivity index (χ4n) is 2.37. The summed E-state index contributed by atoms with van der Waals surface area (Å²) < 4.78 is 6.24. The molecule has 2 nitrogen and oxygen atoms in total. The molecule has 0 saturated heterocycles. The molecule has 1 saturated carbocycles. The molecule has 0 aliphatic heterocycles. The first-order chi connectivity index (χ1) is 7.65. The predicted octanol–water partition coefficient (Wildman–Crippen LogP) is 3.36. The molecule has 16 heavy (non-hydrogen) atoms. The number of nitrogens with one attached hydrogen (secondary N) is 1. The summed E-state index contributed by atoms with van der Waals surface area (Å²) in [5.41, 5.74) is 0. The zero-order chi connectivity index (χ0) is 12.0. The van der Waals surface area contributed by atoms with Crippen molar-refractivity contribution in [3.8, 4) is 0 Å². The highest BCUT2D eigenvalue weighted by Gasteiger charge is 2.25. The van der Waals surface area contributed by atoms with Crippen LogP contribution in [-0.2, 0) is 4.74 Å². The lowest BCUT2D eigenvalue weighted by molar-refractivity contribution is -0.0453. The summed E-state index contributed by atoms with van der Waals surface area (Å²) in [4.78, 5) is 0. The third kappa shape index (κ3) is 4.42. The van der Waals surface area contributed by atoms with E-state index in [9.17, 15) is 0 Å². The van der Waals surface area contributed by atoms with E-state index in [2.05, 4.69) is 33.0 Å². The topological polar surface area (TPSA) is 21.3 Å². The highest BCUT2D eigenvalue weighted by Crippen LogP contribution is 2.23. The van der Waals surface area contributed by atoms with Crippen LogP contribution in [0, 0.1) is 5.92 Å². The number of hydrogen-bond donors (Lipinski definition) is 1. The number of rotatable bonds is 5. The maximum absolute atomic E-state index is 6.24. The van der Waals surface area contributed by atoms with Gasteiger partial charge in [-0.05, 0) is 32.2 Å². The van der Waals surface area contributed by atoms with Crippen LogP contribution in [0.3, 0.4) is 0 Å². The molecule has 1 rings (SSSR count). The van der Waals surface area contributed by atoms with Gasteiger partial charge in [0.2, 0.25) is 0 Å². The zero-order valence-electron chi connectivity index (χ0n) is 11.5. The standard InChI is InChI=1S/C14H29NO/c1-5-15-13-9-7-6-8-10-14(13)16-12(4)11(2)3/h11-15H,5-10H2,1-4H3. The van der Waals surface area contributed by atoms with Gasteiger partial charge in [-0.15, -0.1) is 0 Å². The van der Waals surface area contributed by atoms with Crippen LogP contribution in [0.25, 0.3) is 0 Å². The lowest BCUT2D eigenvalue weighted by Crippen LogP contribution is -2.42. The molecule has 1 N–H and O–H groups in total. The van der Waals surface area contributed by atoms with Gasteiger partial charge in [0.05, 0.1) is 12.2 Å². The highest BCUT2D eigenvalue weighted by atomic mass is 16.5. The van der Waals surface area contributed by atoms with Crippen molar-refractivity contribution in [1.82, 2.24) is 5.32 Å². The Morgan fingerprint density at radius 2 is 1.81 bits per heavy atom. The third-order valence-electron chi connectivity index (χ3n) is 3.75. The SMILES string of the molecule is CCNC1CCCCCC1OC(C)C(C)C. The number of ether oxygens (including phenoxy) is 1. The summed E-state index contributed by atoms with van der Waals surface area (Å²) in [6.07, 6.45) is 7.38. The van der Waals surface area contributed by atoms with Crippen molar-refractivity contribution in [1.29, 1.82) is 0 Å². The van der Waals surface area contributed by atoms with Crippen LogP contribution < -0.4 is 5.32 Å². The summed E-state index contributed by atoms with van der Waals surface area (Å²) in [7, 11) is 0. The average molecular weight is 227 g/mol. The maximum atomic E-state index is 6.24. The Morgan fingerprint density at radius 3 is 2.44 bits per heavy atom. The molecule has 0 bridgehead atoms. The van der Waals surface area contributed by atoms with Crippen molar-refractivity contribution in [3.63, 3.8) is 0 Å². The Labute approximate surface area is 101 Å². The number of hydrogen-bond acceptors (Lipinski definition) is 2. The second-order valence-corrected chi connectivity index (χ2v) is 5.43. The highest BCUT2D eigenvalue weighted by molar-refractivity contribution is 4.81.